The Labute approximate surface area is 187 Å². The monoisotopic (exact) mass is 426 g/mol. The smallest absolute Gasteiger partial charge is 0.255 e. The van der Waals surface area contributed by atoms with Gasteiger partial charge in [0, 0.05) is 44.6 Å². The summed E-state index contributed by atoms with van der Waals surface area (Å²) in [4.78, 5) is 21.3. The SMILES string of the molecule is N#Cc1cccc([C@H](c2ccccc2)N2CCN(C(=O)c3cncc(N)c3)CC2CN)c1. The molecule has 1 aromatic heterocycles. The van der Waals surface area contributed by atoms with E-state index in [1.54, 1.807) is 12.3 Å². The second-order valence-corrected chi connectivity index (χ2v) is 7.94. The molecule has 7 heteroatoms. The predicted molar refractivity (Wildman–Crippen MR) is 124 cm³/mol. The number of nitrogen functional groups attached to an aromatic ring is 1. The molecule has 0 bridgehead atoms. The van der Waals surface area contributed by atoms with Crippen LogP contribution in [0.2, 0.25) is 0 Å². The molecular weight excluding hydrogens is 400 g/mol. The third kappa shape index (κ3) is 4.47. The van der Waals surface area contributed by atoms with Crippen molar-refractivity contribution in [1.82, 2.24) is 14.8 Å². The van der Waals surface area contributed by atoms with Gasteiger partial charge < -0.3 is 16.4 Å². The van der Waals surface area contributed by atoms with Crippen LogP contribution in [0.1, 0.15) is 33.1 Å². The van der Waals surface area contributed by atoms with Gasteiger partial charge in [-0.3, -0.25) is 14.7 Å². The van der Waals surface area contributed by atoms with E-state index in [4.69, 9.17) is 11.5 Å². The summed E-state index contributed by atoms with van der Waals surface area (Å²) >= 11 is 0. The number of nitriles is 1. The zero-order chi connectivity index (χ0) is 22.5. The highest BCUT2D eigenvalue weighted by Gasteiger charge is 2.35. The summed E-state index contributed by atoms with van der Waals surface area (Å²) in [6.07, 6.45) is 3.07. The zero-order valence-electron chi connectivity index (χ0n) is 17.8. The molecule has 0 aliphatic carbocycles. The van der Waals surface area contributed by atoms with Gasteiger partial charge in [0.15, 0.2) is 0 Å². The van der Waals surface area contributed by atoms with Crippen LogP contribution < -0.4 is 11.5 Å². The highest BCUT2D eigenvalue weighted by atomic mass is 16.2. The van der Waals surface area contributed by atoms with Crippen LogP contribution >= 0.6 is 0 Å². The second-order valence-electron chi connectivity index (χ2n) is 7.94. The van der Waals surface area contributed by atoms with Crippen molar-refractivity contribution >= 4 is 11.6 Å². The molecule has 2 heterocycles. The van der Waals surface area contributed by atoms with Crippen molar-refractivity contribution in [2.24, 2.45) is 5.73 Å². The van der Waals surface area contributed by atoms with E-state index in [1.807, 2.05) is 47.4 Å². The highest BCUT2D eigenvalue weighted by Crippen LogP contribution is 2.32. The Morgan fingerprint density at radius 3 is 2.59 bits per heavy atom. The van der Waals surface area contributed by atoms with Crippen LogP contribution in [-0.2, 0) is 0 Å². The highest BCUT2D eigenvalue weighted by molar-refractivity contribution is 5.94. The van der Waals surface area contributed by atoms with Crippen molar-refractivity contribution in [1.29, 1.82) is 5.26 Å². The fourth-order valence-electron chi connectivity index (χ4n) is 4.35. The van der Waals surface area contributed by atoms with Crippen LogP contribution in [0.4, 0.5) is 5.69 Å². The maximum Gasteiger partial charge on any atom is 0.255 e. The van der Waals surface area contributed by atoms with E-state index in [2.05, 4.69) is 28.1 Å². The molecule has 4 rings (SSSR count). The number of nitrogens with zero attached hydrogens (tertiary/aromatic N) is 4. The lowest BCUT2D eigenvalue weighted by Gasteiger charge is -2.45. The van der Waals surface area contributed by atoms with E-state index < -0.39 is 0 Å². The van der Waals surface area contributed by atoms with Gasteiger partial charge >= 0.3 is 0 Å². The first kappa shape index (κ1) is 21.5. The number of hydrogen-bond acceptors (Lipinski definition) is 6. The molecule has 1 unspecified atom stereocenters. The van der Waals surface area contributed by atoms with Crippen LogP contribution in [0.15, 0.2) is 73.1 Å². The Morgan fingerprint density at radius 1 is 1.09 bits per heavy atom. The molecule has 4 N–H and O–H groups in total. The Balaban J connectivity index is 1.64. The quantitative estimate of drug-likeness (QED) is 0.648. The summed E-state index contributed by atoms with van der Waals surface area (Å²) in [5.41, 5.74) is 15.7. The standard InChI is InChI=1S/C25H26N6O/c26-13-18-5-4-8-20(11-18)24(19-6-2-1-3-7-19)31-10-9-30(17-23(31)14-27)25(32)21-12-22(28)16-29-15-21/h1-8,11-12,15-16,23-24H,9-10,14,17,27-28H2/t23?,24-/m0/s1. The molecule has 2 atom stereocenters. The summed E-state index contributed by atoms with van der Waals surface area (Å²) < 4.78 is 0. The molecule has 32 heavy (non-hydrogen) atoms. The Morgan fingerprint density at radius 2 is 1.88 bits per heavy atom. The summed E-state index contributed by atoms with van der Waals surface area (Å²) in [7, 11) is 0. The number of pyridine rings is 1. The van der Waals surface area contributed by atoms with Gasteiger partial charge in [0.2, 0.25) is 0 Å². The minimum atomic E-state index is -0.0920. The van der Waals surface area contributed by atoms with Gasteiger partial charge in [-0.25, -0.2) is 0 Å². The Bertz CT molecular complexity index is 1130. The number of rotatable bonds is 5. The van der Waals surface area contributed by atoms with Gasteiger partial charge in [-0.2, -0.15) is 5.26 Å². The number of benzene rings is 2. The third-order valence-corrected chi connectivity index (χ3v) is 5.87. The van der Waals surface area contributed by atoms with E-state index in [-0.39, 0.29) is 18.0 Å². The molecule has 1 saturated heterocycles. The van der Waals surface area contributed by atoms with Crippen molar-refractivity contribution in [3.63, 3.8) is 0 Å². The van der Waals surface area contributed by atoms with E-state index in [0.717, 1.165) is 11.1 Å². The fourth-order valence-corrected chi connectivity index (χ4v) is 4.35. The zero-order valence-corrected chi connectivity index (χ0v) is 17.8. The number of nitrogens with two attached hydrogens (primary N) is 2. The molecule has 1 amide bonds. The largest absolute Gasteiger partial charge is 0.397 e. The minimum absolute atomic E-state index is 0.0438. The van der Waals surface area contributed by atoms with E-state index in [9.17, 15) is 10.1 Å². The average Bonchev–Trinajstić information content (AvgIpc) is 2.84. The number of anilines is 1. The maximum atomic E-state index is 13.0. The Kier molecular flexibility index (Phi) is 6.45. The van der Waals surface area contributed by atoms with Gasteiger partial charge in [-0.1, -0.05) is 42.5 Å². The van der Waals surface area contributed by atoms with Gasteiger partial charge in [-0.05, 0) is 29.3 Å². The first-order valence-corrected chi connectivity index (χ1v) is 10.6. The molecule has 0 spiro atoms. The first-order chi connectivity index (χ1) is 15.6. The fraction of sp³-hybridized carbons (Fsp3) is 0.240. The molecule has 0 saturated carbocycles. The Hall–Kier alpha value is -3.73. The molecule has 3 aromatic rings. The van der Waals surface area contributed by atoms with Crippen LogP contribution in [0.3, 0.4) is 0 Å². The summed E-state index contributed by atoms with van der Waals surface area (Å²) in [6, 6.07) is 21.7. The van der Waals surface area contributed by atoms with E-state index >= 15 is 0 Å². The van der Waals surface area contributed by atoms with Gasteiger partial charge in [0.25, 0.3) is 5.91 Å². The molecule has 162 valence electrons. The molecule has 7 nitrogen and oxygen atoms in total. The first-order valence-electron chi connectivity index (χ1n) is 10.6. The topological polar surface area (TPSA) is 112 Å². The number of carbonyl (C=O) groups is 1. The second kappa shape index (κ2) is 9.60. The number of carbonyl (C=O) groups excluding carboxylic acids is 1. The van der Waals surface area contributed by atoms with Crippen LogP contribution in [0.5, 0.6) is 0 Å². The number of amides is 1. The summed E-state index contributed by atoms with van der Waals surface area (Å²) in [6.45, 7) is 2.12. The van der Waals surface area contributed by atoms with Crippen molar-refractivity contribution in [2.45, 2.75) is 12.1 Å². The van der Waals surface area contributed by atoms with Crippen LogP contribution in [0, 0.1) is 11.3 Å². The van der Waals surface area contributed by atoms with Gasteiger partial charge in [0.1, 0.15) is 0 Å². The van der Waals surface area contributed by atoms with E-state index in [1.165, 1.54) is 6.20 Å². The number of hydrogen-bond donors (Lipinski definition) is 2. The predicted octanol–water partition coefficient (Wildman–Crippen LogP) is 2.41. The number of piperazine rings is 1. The number of aromatic nitrogens is 1. The molecule has 2 aromatic carbocycles. The minimum Gasteiger partial charge on any atom is -0.397 e. The van der Waals surface area contributed by atoms with Crippen molar-refractivity contribution in [3.05, 3.63) is 95.3 Å². The molecule has 1 aliphatic heterocycles. The summed E-state index contributed by atoms with van der Waals surface area (Å²) in [5.74, 6) is -0.0920. The van der Waals surface area contributed by atoms with E-state index in [0.29, 0.717) is 43.0 Å². The summed E-state index contributed by atoms with van der Waals surface area (Å²) in [5, 5.41) is 9.40. The normalized spacial score (nSPS) is 17.5. The van der Waals surface area contributed by atoms with Crippen LogP contribution in [-0.4, -0.2) is 52.9 Å². The van der Waals surface area contributed by atoms with Gasteiger partial charge in [-0.15, -0.1) is 0 Å². The lowest BCUT2D eigenvalue weighted by Crippen LogP contribution is -2.58. The molecular formula is C25H26N6O. The maximum absolute atomic E-state index is 13.0. The van der Waals surface area contributed by atoms with Crippen molar-refractivity contribution in [3.8, 4) is 6.07 Å². The van der Waals surface area contributed by atoms with Crippen molar-refractivity contribution < 1.29 is 4.79 Å². The third-order valence-electron chi connectivity index (χ3n) is 5.87. The van der Waals surface area contributed by atoms with Gasteiger partial charge in [0.05, 0.1) is 28.9 Å². The van der Waals surface area contributed by atoms with Crippen molar-refractivity contribution in [2.75, 3.05) is 31.9 Å². The molecule has 1 fully saturated rings. The lowest BCUT2D eigenvalue weighted by atomic mass is 9.93. The van der Waals surface area contributed by atoms with Crippen LogP contribution in [0.25, 0.3) is 0 Å². The average molecular weight is 427 g/mol. The molecule has 1 aliphatic rings. The molecule has 0 radical (unpaired) electrons. The lowest BCUT2D eigenvalue weighted by molar-refractivity contribution is 0.0405.